The van der Waals surface area contributed by atoms with Crippen LogP contribution in [0.15, 0.2) is 24.3 Å². The number of hydrogen-bond donors (Lipinski definition) is 1. The van der Waals surface area contributed by atoms with E-state index >= 15 is 0 Å². The molecule has 0 radical (unpaired) electrons. The molecule has 1 N–H and O–H groups in total. The van der Waals surface area contributed by atoms with Crippen molar-refractivity contribution in [2.75, 3.05) is 31.1 Å². The van der Waals surface area contributed by atoms with Crippen molar-refractivity contribution >= 4 is 17.5 Å². The monoisotopic (exact) mass is 317 g/mol. The van der Waals surface area contributed by atoms with E-state index in [-0.39, 0.29) is 19.2 Å². The SMILES string of the molecule is CC(C)N1CCN(c2cccc(C3CCC(=O)NC3=O)c2)CC1.[HH]. The van der Waals surface area contributed by atoms with Gasteiger partial charge in [0.05, 0.1) is 5.92 Å². The third-order valence-corrected chi connectivity index (χ3v) is 4.92. The fraction of sp³-hybridized carbons (Fsp3) is 0.556. The molecule has 2 aliphatic rings. The number of benzene rings is 1. The van der Waals surface area contributed by atoms with Gasteiger partial charge in [-0.1, -0.05) is 12.1 Å². The molecule has 0 aliphatic carbocycles. The van der Waals surface area contributed by atoms with Crippen molar-refractivity contribution < 1.29 is 11.0 Å². The number of rotatable bonds is 3. The van der Waals surface area contributed by atoms with Crippen LogP contribution in [-0.4, -0.2) is 48.9 Å². The van der Waals surface area contributed by atoms with Gasteiger partial charge in [-0.25, -0.2) is 0 Å². The van der Waals surface area contributed by atoms with E-state index in [0.717, 1.165) is 31.7 Å². The highest BCUT2D eigenvalue weighted by Crippen LogP contribution is 2.28. The van der Waals surface area contributed by atoms with E-state index in [1.165, 1.54) is 5.69 Å². The highest BCUT2D eigenvalue weighted by Gasteiger charge is 2.28. The van der Waals surface area contributed by atoms with Crippen molar-refractivity contribution in [3.63, 3.8) is 0 Å². The van der Waals surface area contributed by atoms with Crippen LogP contribution in [0.1, 0.15) is 39.6 Å². The van der Waals surface area contributed by atoms with Gasteiger partial charge in [-0.3, -0.25) is 19.8 Å². The molecule has 0 saturated carbocycles. The minimum absolute atomic E-state index is 0. The predicted octanol–water partition coefficient (Wildman–Crippen LogP) is 1.98. The molecule has 126 valence electrons. The van der Waals surface area contributed by atoms with Gasteiger partial charge in [-0.05, 0) is 38.0 Å². The first-order chi connectivity index (χ1) is 11.0. The molecule has 2 saturated heterocycles. The molecule has 23 heavy (non-hydrogen) atoms. The van der Waals surface area contributed by atoms with Crippen LogP contribution >= 0.6 is 0 Å². The van der Waals surface area contributed by atoms with Crippen LogP contribution in [-0.2, 0) is 9.59 Å². The van der Waals surface area contributed by atoms with E-state index in [1.54, 1.807) is 0 Å². The van der Waals surface area contributed by atoms with E-state index in [4.69, 9.17) is 0 Å². The maximum Gasteiger partial charge on any atom is 0.234 e. The number of carbonyl (C=O) groups is 2. The minimum atomic E-state index is -0.204. The van der Waals surface area contributed by atoms with E-state index in [0.29, 0.717) is 18.9 Å². The standard InChI is InChI=1S/C18H25N3O2.H2/c1-13(2)20-8-10-21(11-9-20)15-5-3-4-14(12-15)16-6-7-17(22)19-18(16)23;/h3-5,12-13,16H,6-11H2,1-2H3,(H,19,22,23);1H. The van der Waals surface area contributed by atoms with Crippen molar-refractivity contribution in [3.8, 4) is 0 Å². The van der Waals surface area contributed by atoms with E-state index in [2.05, 4.69) is 41.1 Å². The Hall–Kier alpha value is -1.88. The Morgan fingerprint density at radius 1 is 1.17 bits per heavy atom. The molecule has 0 aromatic heterocycles. The predicted molar refractivity (Wildman–Crippen MR) is 92.6 cm³/mol. The van der Waals surface area contributed by atoms with Gasteiger partial charge in [-0.15, -0.1) is 0 Å². The Balaban J connectivity index is 0.00000208. The molecule has 5 heteroatoms. The molecule has 1 unspecified atom stereocenters. The summed E-state index contributed by atoms with van der Waals surface area (Å²) in [4.78, 5) is 28.2. The Kier molecular flexibility index (Phi) is 4.66. The number of imide groups is 1. The number of nitrogens with one attached hydrogen (secondary N) is 1. The third kappa shape index (κ3) is 3.55. The normalized spacial score (nSPS) is 23.3. The molecule has 2 heterocycles. The number of amides is 2. The molecule has 5 nitrogen and oxygen atoms in total. The maximum absolute atomic E-state index is 12.1. The number of carbonyl (C=O) groups excluding carboxylic acids is 2. The van der Waals surface area contributed by atoms with Crippen molar-refractivity contribution in [2.24, 2.45) is 0 Å². The Bertz CT molecular complexity index is 598. The first-order valence-corrected chi connectivity index (χ1v) is 8.47. The molecule has 1 aromatic rings. The number of piperazine rings is 1. The quantitative estimate of drug-likeness (QED) is 0.866. The molecule has 2 aliphatic heterocycles. The maximum atomic E-state index is 12.1. The highest BCUT2D eigenvalue weighted by molar-refractivity contribution is 6.01. The van der Waals surface area contributed by atoms with Crippen LogP contribution in [0, 0.1) is 0 Å². The van der Waals surface area contributed by atoms with Crippen LogP contribution < -0.4 is 10.2 Å². The van der Waals surface area contributed by atoms with Crippen LogP contribution in [0.25, 0.3) is 0 Å². The van der Waals surface area contributed by atoms with Gasteiger partial charge in [0.2, 0.25) is 11.8 Å². The van der Waals surface area contributed by atoms with Gasteiger partial charge in [0.1, 0.15) is 0 Å². The summed E-state index contributed by atoms with van der Waals surface area (Å²) in [6.07, 6.45) is 1.03. The summed E-state index contributed by atoms with van der Waals surface area (Å²) in [6.45, 7) is 8.63. The topological polar surface area (TPSA) is 52.6 Å². The van der Waals surface area contributed by atoms with E-state index < -0.39 is 0 Å². The van der Waals surface area contributed by atoms with Gasteiger partial charge >= 0.3 is 0 Å². The zero-order valence-corrected chi connectivity index (χ0v) is 13.9. The number of nitrogens with zero attached hydrogens (tertiary/aromatic N) is 2. The number of piperidine rings is 1. The van der Waals surface area contributed by atoms with Crippen LogP contribution in [0.3, 0.4) is 0 Å². The van der Waals surface area contributed by atoms with Gasteiger partial charge in [0.25, 0.3) is 0 Å². The second-order valence-electron chi connectivity index (χ2n) is 6.72. The molecule has 2 amide bonds. The zero-order chi connectivity index (χ0) is 16.4. The fourth-order valence-corrected chi connectivity index (χ4v) is 3.45. The van der Waals surface area contributed by atoms with Crippen LogP contribution in [0.5, 0.6) is 0 Å². The smallest absolute Gasteiger partial charge is 0.234 e. The third-order valence-electron chi connectivity index (χ3n) is 4.92. The molecule has 1 atom stereocenters. The molecule has 0 spiro atoms. The second-order valence-corrected chi connectivity index (χ2v) is 6.72. The molecule has 3 rings (SSSR count). The number of hydrogen-bond acceptors (Lipinski definition) is 4. The molecule has 0 bridgehead atoms. The Morgan fingerprint density at radius 3 is 2.57 bits per heavy atom. The summed E-state index contributed by atoms with van der Waals surface area (Å²) >= 11 is 0. The van der Waals surface area contributed by atoms with Gasteiger partial charge in [0, 0.05) is 45.8 Å². The lowest BCUT2D eigenvalue weighted by Gasteiger charge is -2.38. The fourth-order valence-electron chi connectivity index (χ4n) is 3.45. The van der Waals surface area contributed by atoms with Crippen molar-refractivity contribution in [3.05, 3.63) is 29.8 Å². The lowest BCUT2D eigenvalue weighted by Crippen LogP contribution is -2.49. The average molecular weight is 317 g/mol. The van der Waals surface area contributed by atoms with Crippen molar-refractivity contribution in [1.29, 1.82) is 0 Å². The lowest BCUT2D eigenvalue weighted by molar-refractivity contribution is -0.134. The van der Waals surface area contributed by atoms with Crippen LogP contribution in [0.2, 0.25) is 0 Å². The molecular weight excluding hydrogens is 290 g/mol. The minimum Gasteiger partial charge on any atom is -0.369 e. The van der Waals surface area contributed by atoms with E-state index in [9.17, 15) is 9.59 Å². The summed E-state index contributed by atoms with van der Waals surface area (Å²) in [5.41, 5.74) is 2.19. The van der Waals surface area contributed by atoms with E-state index in [1.807, 2.05) is 12.1 Å². The van der Waals surface area contributed by atoms with Crippen molar-refractivity contribution in [1.82, 2.24) is 10.2 Å². The molecule has 2 fully saturated rings. The first kappa shape index (κ1) is 16.0. The summed E-state index contributed by atoms with van der Waals surface area (Å²) in [5.74, 6) is -0.528. The highest BCUT2D eigenvalue weighted by atomic mass is 16.2. The zero-order valence-electron chi connectivity index (χ0n) is 13.9. The summed E-state index contributed by atoms with van der Waals surface area (Å²) < 4.78 is 0. The largest absolute Gasteiger partial charge is 0.369 e. The Labute approximate surface area is 139 Å². The lowest BCUT2D eigenvalue weighted by atomic mass is 9.90. The molecular formula is C18H27N3O2. The summed E-state index contributed by atoms with van der Waals surface area (Å²) in [6, 6.07) is 8.83. The second kappa shape index (κ2) is 6.71. The van der Waals surface area contributed by atoms with Gasteiger partial charge < -0.3 is 4.90 Å². The summed E-state index contributed by atoms with van der Waals surface area (Å²) in [5, 5.41) is 2.45. The first-order valence-electron chi connectivity index (χ1n) is 8.47. The summed E-state index contributed by atoms with van der Waals surface area (Å²) in [7, 11) is 0. The number of anilines is 1. The molecule has 1 aromatic carbocycles. The average Bonchev–Trinajstić information content (AvgIpc) is 2.55. The van der Waals surface area contributed by atoms with Gasteiger partial charge in [-0.2, -0.15) is 0 Å². The van der Waals surface area contributed by atoms with Gasteiger partial charge in [0.15, 0.2) is 0 Å². The Morgan fingerprint density at radius 2 is 1.91 bits per heavy atom. The van der Waals surface area contributed by atoms with Crippen molar-refractivity contribution in [2.45, 2.75) is 38.6 Å². The van der Waals surface area contributed by atoms with Crippen LogP contribution in [0.4, 0.5) is 5.69 Å².